The molecule has 0 radical (unpaired) electrons. The Bertz CT molecular complexity index is 292. The summed E-state index contributed by atoms with van der Waals surface area (Å²) >= 11 is 17.8. The maximum absolute atomic E-state index is 5.95. The van der Waals surface area contributed by atoms with Gasteiger partial charge in [0.25, 0.3) is 0 Å². The maximum Gasteiger partial charge on any atom is 0.348 e. The van der Waals surface area contributed by atoms with Gasteiger partial charge in [-0.15, -0.1) is 39.8 Å². The van der Waals surface area contributed by atoms with Crippen molar-refractivity contribution in [2.45, 2.75) is 12.0 Å². The van der Waals surface area contributed by atoms with Crippen molar-refractivity contribution < 1.29 is 0 Å². The van der Waals surface area contributed by atoms with Gasteiger partial charge in [0.2, 0.25) is 0 Å². The minimum absolute atomic E-state index is 0.0186. The van der Waals surface area contributed by atoms with Crippen molar-refractivity contribution in [2.24, 2.45) is 0 Å². The lowest BCUT2D eigenvalue weighted by atomic mass is 10.1. The molecule has 1 atom stereocenters. The molecule has 0 spiro atoms. The lowest BCUT2D eigenvalue weighted by molar-refractivity contribution is 0.986. The quantitative estimate of drug-likeness (QED) is 0.429. The smallest absolute Gasteiger partial charge is 0.125 e. The van der Waals surface area contributed by atoms with Crippen LogP contribution in [0.25, 0.3) is 0 Å². The van der Waals surface area contributed by atoms with Crippen molar-refractivity contribution in [1.29, 1.82) is 0 Å². The van der Waals surface area contributed by atoms with E-state index >= 15 is 0 Å². The molecule has 4 heteroatoms. The fourth-order valence-corrected chi connectivity index (χ4v) is 3.43. The molecule has 0 bridgehead atoms. The van der Waals surface area contributed by atoms with Crippen molar-refractivity contribution >= 4 is 39.2 Å². The van der Waals surface area contributed by atoms with Gasteiger partial charge in [0.15, 0.2) is 0 Å². The number of hydrogen-bond donors (Lipinski definition) is 0. The molecule has 0 saturated carbocycles. The highest BCUT2D eigenvalue weighted by molar-refractivity contribution is 7.65. The molecule has 1 unspecified atom stereocenters. The van der Waals surface area contributed by atoms with Crippen LogP contribution in [0.3, 0.4) is 0 Å². The molecule has 76 valence electrons. The average molecular weight is 266 g/mol. The monoisotopic (exact) mass is 264 g/mol. The summed E-state index contributed by atoms with van der Waals surface area (Å²) in [5, 5.41) is 0. The van der Waals surface area contributed by atoms with Gasteiger partial charge in [-0.2, -0.15) is 0 Å². The molecule has 0 saturated heterocycles. The second-order valence-electron chi connectivity index (χ2n) is 3.07. The van der Waals surface area contributed by atoms with Crippen LogP contribution in [-0.4, -0.2) is 6.00 Å². The Hall–Kier alpha value is 0.0469. The zero-order chi connectivity index (χ0) is 10.6. The highest BCUT2D eigenvalue weighted by atomic mass is 35.8. The van der Waals surface area contributed by atoms with E-state index in [1.807, 2.05) is 30.3 Å². The lowest BCUT2D eigenvalue weighted by Gasteiger charge is -2.18. The van der Waals surface area contributed by atoms with E-state index in [9.17, 15) is 0 Å². The largest absolute Gasteiger partial charge is 0.348 e. The van der Waals surface area contributed by atoms with E-state index in [1.165, 1.54) is 5.56 Å². The Morgan fingerprint density at radius 3 is 2.21 bits per heavy atom. The first kappa shape index (κ1) is 12.1. The van der Waals surface area contributed by atoms with E-state index in [0.29, 0.717) is 0 Å². The minimum Gasteiger partial charge on any atom is -0.125 e. The molecule has 0 aliphatic rings. The van der Waals surface area contributed by atoms with Crippen LogP contribution < -0.4 is 0 Å². The SMILES string of the molecule is C=CC(Cc1ccccc1)[Si](Cl)(Cl)Cl. The molecule has 1 aromatic carbocycles. The topological polar surface area (TPSA) is 0 Å². The maximum atomic E-state index is 5.95. The van der Waals surface area contributed by atoms with Gasteiger partial charge >= 0.3 is 6.00 Å². The zero-order valence-electron chi connectivity index (χ0n) is 7.59. The molecule has 0 amide bonds. The fourth-order valence-electron chi connectivity index (χ4n) is 1.20. The molecule has 0 fully saturated rings. The molecule has 1 aromatic rings. The van der Waals surface area contributed by atoms with Gasteiger partial charge < -0.3 is 0 Å². The number of halogens is 3. The van der Waals surface area contributed by atoms with Gasteiger partial charge in [0.05, 0.1) is 0 Å². The van der Waals surface area contributed by atoms with Gasteiger partial charge in [-0.3, -0.25) is 0 Å². The standard InChI is InChI=1S/C10H11Cl3Si/c1-2-10(14(11,12)13)8-9-6-4-3-5-7-9/h2-7,10H,1,8H2. The molecule has 0 heterocycles. The van der Waals surface area contributed by atoms with Crippen LogP contribution >= 0.6 is 33.2 Å². The van der Waals surface area contributed by atoms with Crippen LogP contribution in [0.5, 0.6) is 0 Å². The Morgan fingerprint density at radius 1 is 1.21 bits per heavy atom. The average Bonchev–Trinajstić information content (AvgIpc) is 2.14. The van der Waals surface area contributed by atoms with E-state index in [0.717, 1.165) is 6.42 Å². The predicted octanol–water partition coefficient (Wildman–Crippen LogP) is 4.44. The summed E-state index contributed by atoms with van der Waals surface area (Å²) in [5.74, 6) is 0. The Balaban J connectivity index is 2.72. The van der Waals surface area contributed by atoms with Crippen molar-refractivity contribution in [3.8, 4) is 0 Å². The number of hydrogen-bond acceptors (Lipinski definition) is 0. The summed E-state index contributed by atoms with van der Waals surface area (Å²) in [5.41, 5.74) is 1.16. The Morgan fingerprint density at radius 2 is 1.79 bits per heavy atom. The number of allylic oxidation sites excluding steroid dienone is 1. The summed E-state index contributed by atoms with van der Waals surface area (Å²) in [7, 11) is 0. The van der Waals surface area contributed by atoms with Crippen molar-refractivity contribution in [1.82, 2.24) is 0 Å². The Labute approximate surface area is 99.6 Å². The van der Waals surface area contributed by atoms with Gasteiger partial charge in [0, 0.05) is 5.54 Å². The van der Waals surface area contributed by atoms with Crippen molar-refractivity contribution in [3.63, 3.8) is 0 Å². The van der Waals surface area contributed by atoms with E-state index in [1.54, 1.807) is 6.08 Å². The number of benzene rings is 1. The Kier molecular flexibility index (Phi) is 4.52. The van der Waals surface area contributed by atoms with E-state index in [4.69, 9.17) is 33.2 Å². The lowest BCUT2D eigenvalue weighted by Crippen LogP contribution is -2.19. The summed E-state index contributed by atoms with van der Waals surface area (Å²) in [4.78, 5) is 0. The minimum atomic E-state index is -2.67. The van der Waals surface area contributed by atoms with Gasteiger partial charge in [-0.1, -0.05) is 36.4 Å². The second-order valence-corrected chi connectivity index (χ2v) is 12.0. The first-order valence-corrected chi connectivity index (χ1v) is 9.38. The van der Waals surface area contributed by atoms with Crippen LogP contribution in [0.4, 0.5) is 0 Å². The molecule has 14 heavy (non-hydrogen) atoms. The van der Waals surface area contributed by atoms with Crippen molar-refractivity contribution in [3.05, 3.63) is 48.6 Å². The zero-order valence-corrected chi connectivity index (χ0v) is 10.9. The number of rotatable bonds is 4. The molecule has 1 rings (SSSR count). The van der Waals surface area contributed by atoms with Gasteiger partial charge in [-0.25, -0.2) is 0 Å². The molecule has 0 nitrogen and oxygen atoms in total. The van der Waals surface area contributed by atoms with Crippen LogP contribution in [0.2, 0.25) is 5.54 Å². The summed E-state index contributed by atoms with van der Waals surface area (Å²) < 4.78 is 0. The summed E-state index contributed by atoms with van der Waals surface area (Å²) in [6.07, 6.45) is 2.50. The molecular formula is C10H11Cl3Si. The third-order valence-electron chi connectivity index (χ3n) is 2.00. The molecular weight excluding hydrogens is 255 g/mol. The normalized spacial score (nSPS) is 13.6. The fraction of sp³-hybridized carbons (Fsp3) is 0.200. The first-order valence-electron chi connectivity index (χ1n) is 4.27. The molecule has 0 aliphatic heterocycles. The summed E-state index contributed by atoms with van der Waals surface area (Å²) in [6.45, 7) is 3.71. The van der Waals surface area contributed by atoms with Crippen LogP contribution in [0, 0.1) is 0 Å². The first-order chi connectivity index (χ1) is 6.54. The second kappa shape index (κ2) is 5.22. The van der Waals surface area contributed by atoms with E-state index < -0.39 is 6.00 Å². The third-order valence-corrected chi connectivity index (χ3v) is 5.81. The van der Waals surface area contributed by atoms with Crippen LogP contribution in [-0.2, 0) is 6.42 Å². The molecule has 0 aliphatic carbocycles. The van der Waals surface area contributed by atoms with Crippen LogP contribution in [0.15, 0.2) is 43.0 Å². The molecule has 0 aromatic heterocycles. The van der Waals surface area contributed by atoms with Gasteiger partial charge in [-0.05, 0) is 12.0 Å². The highest BCUT2D eigenvalue weighted by Gasteiger charge is 2.34. The van der Waals surface area contributed by atoms with Crippen LogP contribution in [0.1, 0.15) is 5.56 Å². The highest BCUT2D eigenvalue weighted by Crippen LogP contribution is 2.36. The molecule has 0 N–H and O–H groups in total. The van der Waals surface area contributed by atoms with E-state index in [-0.39, 0.29) is 5.54 Å². The van der Waals surface area contributed by atoms with Gasteiger partial charge in [0.1, 0.15) is 0 Å². The van der Waals surface area contributed by atoms with Crippen molar-refractivity contribution in [2.75, 3.05) is 0 Å². The predicted molar refractivity (Wildman–Crippen MR) is 67.4 cm³/mol. The summed E-state index contributed by atoms with van der Waals surface area (Å²) in [6, 6.07) is 7.32. The van der Waals surface area contributed by atoms with E-state index in [2.05, 4.69) is 6.58 Å². The third kappa shape index (κ3) is 3.66.